The summed E-state index contributed by atoms with van der Waals surface area (Å²) in [6, 6.07) is 4.18. The van der Waals surface area contributed by atoms with E-state index in [2.05, 4.69) is 33.0 Å². The molecule has 1 atom stereocenters. The van der Waals surface area contributed by atoms with E-state index in [-0.39, 0.29) is 16.2 Å². The van der Waals surface area contributed by atoms with E-state index in [0.29, 0.717) is 0 Å². The van der Waals surface area contributed by atoms with Gasteiger partial charge in [0.1, 0.15) is 0 Å². The first-order chi connectivity index (χ1) is 5.22. The number of hydrogen-bond acceptors (Lipinski definition) is 0. The maximum absolute atomic E-state index is 3.72. The highest BCUT2D eigenvalue weighted by atomic mass is 28.3. The van der Waals surface area contributed by atoms with E-state index in [9.17, 15) is 0 Å². The van der Waals surface area contributed by atoms with Gasteiger partial charge in [-0.15, -0.1) is 6.58 Å². The van der Waals surface area contributed by atoms with Crippen molar-refractivity contribution in [2.75, 3.05) is 0 Å². The zero-order valence-corrected chi connectivity index (χ0v) is 11.8. The summed E-state index contributed by atoms with van der Waals surface area (Å²) in [5.74, 6) is 0. The first-order valence-electron chi connectivity index (χ1n) is 4.83. The highest BCUT2D eigenvalue weighted by molar-refractivity contribution is 6.57. The summed E-state index contributed by atoms with van der Waals surface area (Å²) in [5, 5.41) is 0. The number of allylic oxidation sites excluding steroid dienone is 1. The van der Waals surface area contributed by atoms with Crippen molar-refractivity contribution in [2.24, 2.45) is 0 Å². The second kappa shape index (κ2) is 17.3. The zero-order chi connectivity index (χ0) is 9.11. The van der Waals surface area contributed by atoms with E-state index in [4.69, 9.17) is 0 Å². The molecule has 0 bridgehead atoms. The van der Waals surface area contributed by atoms with Crippen LogP contribution in [0.5, 0.6) is 0 Å². The lowest BCUT2D eigenvalue weighted by atomic mass is 10.6. The Labute approximate surface area is 84.5 Å². The van der Waals surface area contributed by atoms with Crippen LogP contribution in [-0.2, 0) is 0 Å². The number of hydrogen-bond donors (Lipinski definition) is 0. The Hall–Kier alpha value is 0.174. The lowest BCUT2D eigenvalue weighted by molar-refractivity contribution is 1.06. The quantitative estimate of drug-likeness (QED) is 0.488. The van der Waals surface area contributed by atoms with E-state index in [1.807, 2.05) is 0 Å². The van der Waals surface area contributed by atoms with Gasteiger partial charge in [0.15, 0.2) is 0 Å². The smallest absolute Gasteiger partial charge is 0.0375 e. The molecule has 0 spiro atoms. The van der Waals surface area contributed by atoms with Crippen LogP contribution in [0.1, 0.15) is 27.7 Å². The van der Waals surface area contributed by atoms with E-state index in [1.165, 1.54) is 34.8 Å². The fraction of sp³-hybridized carbons (Fsp3) is 0.800. The van der Waals surface area contributed by atoms with Gasteiger partial charge >= 0.3 is 0 Å². The molecule has 0 fully saturated rings. The fourth-order valence-electron chi connectivity index (χ4n) is 0.895. The minimum atomic E-state index is -0.320. The molecule has 0 saturated carbocycles. The molecule has 0 rings (SSSR count). The van der Waals surface area contributed by atoms with Crippen LogP contribution in [0.15, 0.2) is 12.7 Å². The molecular weight excluding hydrogens is 176 g/mol. The maximum atomic E-state index is 3.72. The lowest BCUT2D eigenvalue weighted by Gasteiger charge is -2.01. The molecule has 0 heterocycles. The summed E-state index contributed by atoms with van der Waals surface area (Å²) in [6.07, 6.45) is 3.42. The van der Waals surface area contributed by atoms with E-state index < -0.39 is 0 Å². The summed E-state index contributed by atoms with van der Waals surface area (Å²) in [7, 11) is 1.05. The third kappa shape index (κ3) is 22.5. The molecule has 0 saturated heterocycles. The molecule has 0 aliphatic heterocycles. The fourth-order valence-corrected chi connectivity index (χ4v) is 2.69. The van der Waals surface area contributed by atoms with Gasteiger partial charge in [0, 0.05) is 19.0 Å². The molecule has 76 valence electrons. The zero-order valence-electron chi connectivity index (χ0n) is 8.69. The van der Waals surface area contributed by atoms with Crippen LogP contribution in [0.2, 0.25) is 24.7 Å². The standard InChI is InChI=1S/C7H16Si.C2H8Si.CH4/c1-4-6-8(3)7-5-2;1-2-3;/h4,8H,1,5-7H2,2-3H3;2H2,1,3H3;1H4. The molecule has 1 unspecified atom stereocenters. The van der Waals surface area contributed by atoms with Crippen molar-refractivity contribution in [1.29, 1.82) is 0 Å². The third-order valence-electron chi connectivity index (χ3n) is 1.35. The topological polar surface area (TPSA) is 0 Å². The molecule has 0 radical (unpaired) electrons. The Morgan fingerprint density at radius 1 is 1.42 bits per heavy atom. The SMILES string of the molecule is C.C=CC[SiH](C)CCC.CC[SiH3]. The lowest BCUT2D eigenvalue weighted by Crippen LogP contribution is -2.02. The summed E-state index contributed by atoms with van der Waals surface area (Å²) in [5.41, 5.74) is 0. The van der Waals surface area contributed by atoms with Crippen LogP contribution >= 0.6 is 0 Å². The molecule has 0 aliphatic carbocycles. The molecule has 0 aromatic carbocycles. The molecule has 0 nitrogen and oxygen atoms in total. The van der Waals surface area contributed by atoms with Crippen molar-refractivity contribution >= 4 is 19.0 Å². The minimum absolute atomic E-state index is 0. The Balaban J connectivity index is -0.000000177. The molecule has 0 aromatic rings. The largest absolute Gasteiger partial charge is 0.103 e. The Morgan fingerprint density at radius 3 is 2.08 bits per heavy atom. The van der Waals surface area contributed by atoms with E-state index >= 15 is 0 Å². The van der Waals surface area contributed by atoms with Crippen LogP contribution in [0.4, 0.5) is 0 Å². The maximum Gasteiger partial charge on any atom is 0.0375 e. The van der Waals surface area contributed by atoms with Gasteiger partial charge in [0.2, 0.25) is 0 Å². The molecule has 0 aliphatic rings. The van der Waals surface area contributed by atoms with Gasteiger partial charge in [-0.3, -0.25) is 0 Å². The number of rotatable bonds is 4. The van der Waals surface area contributed by atoms with Crippen molar-refractivity contribution in [2.45, 2.75) is 52.4 Å². The Kier molecular flexibility index (Phi) is 26.1. The normalized spacial score (nSPS) is 10.6. The highest BCUT2D eigenvalue weighted by Crippen LogP contribution is 2.01. The molecule has 0 aromatic heterocycles. The van der Waals surface area contributed by atoms with Gasteiger partial charge in [-0.05, 0) is 6.04 Å². The van der Waals surface area contributed by atoms with Gasteiger partial charge in [-0.2, -0.15) is 0 Å². The monoisotopic (exact) mass is 204 g/mol. The van der Waals surface area contributed by atoms with Crippen LogP contribution in [0.3, 0.4) is 0 Å². The van der Waals surface area contributed by atoms with Crippen molar-refractivity contribution in [3.8, 4) is 0 Å². The van der Waals surface area contributed by atoms with Gasteiger partial charge in [0.05, 0.1) is 0 Å². The third-order valence-corrected chi connectivity index (χ3v) is 4.05. The van der Waals surface area contributed by atoms with Crippen LogP contribution in [0, 0.1) is 0 Å². The van der Waals surface area contributed by atoms with Crippen molar-refractivity contribution in [3.63, 3.8) is 0 Å². The van der Waals surface area contributed by atoms with Gasteiger partial charge < -0.3 is 0 Å². The first kappa shape index (κ1) is 18.1. The van der Waals surface area contributed by atoms with Gasteiger partial charge in [-0.1, -0.05) is 52.4 Å². The predicted octanol–water partition coefficient (Wildman–Crippen LogP) is 2.87. The van der Waals surface area contributed by atoms with Crippen molar-refractivity contribution in [3.05, 3.63) is 12.7 Å². The first-order valence-corrected chi connectivity index (χ1v) is 9.03. The minimum Gasteiger partial charge on any atom is -0.103 e. The summed E-state index contributed by atoms with van der Waals surface area (Å²) in [6.45, 7) is 10.6. The summed E-state index contributed by atoms with van der Waals surface area (Å²) >= 11 is 0. The Morgan fingerprint density at radius 2 is 1.83 bits per heavy atom. The second-order valence-corrected chi connectivity index (χ2v) is 7.80. The van der Waals surface area contributed by atoms with Gasteiger partial charge in [0.25, 0.3) is 0 Å². The second-order valence-electron chi connectivity index (χ2n) is 3.13. The van der Waals surface area contributed by atoms with Crippen LogP contribution in [0.25, 0.3) is 0 Å². The molecule has 0 N–H and O–H groups in total. The Bertz CT molecular complexity index is 72.2. The summed E-state index contributed by atoms with van der Waals surface area (Å²) in [4.78, 5) is 0. The molecular formula is C10H28Si2. The van der Waals surface area contributed by atoms with Crippen LogP contribution < -0.4 is 0 Å². The predicted molar refractivity (Wildman–Crippen MR) is 70.3 cm³/mol. The average Bonchev–Trinajstić information content (AvgIpc) is 1.90. The van der Waals surface area contributed by atoms with Crippen molar-refractivity contribution < 1.29 is 0 Å². The summed E-state index contributed by atoms with van der Waals surface area (Å²) < 4.78 is 0. The molecule has 0 amide bonds. The molecule has 2 heteroatoms. The van der Waals surface area contributed by atoms with E-state index in [1.54, 1.807) is 0 Å². The van der Waals surface area contributed by atoms with Crippen molar-refractivity contribution in [1.82, 2.24) is 0 Å². The van der Waals surface area contributed by atoms with Gasteiger partial charge in [-0.25, -0.2) is 0 Å². The average molecular weight is 205 g/mol. The highest BCUT2D eigenvalue weighted by Gasteiger charge is 1.96. The van der Waals surface area contributed by atoms with E-state index in [0.717, 1.165) is 0 Å². The molecule has 12 heavy (non-hydrogen) atoms. The van der Waals surface area contributed by atoms with Crippen LogP contribution in [-0.4, -0.2) is 19.0 Å².